The van der Waals surface area contributed by atoms with Crippen LogP contribution in [0.15, 0.2) is 54.6 Å². The second-order valence-electron chi connectivity index (χ2n) is 6.10. The third-order valence-corrected chi connectivity index (χ3v) is 3.95. The molecule has 1 amide bonds. The van der Waals surface area contributed by atoms with Gasteiger partial charge in [0.1, 0.15) is 11.4 Å². The molecule has 0 aliphatic heterocycles. The zero-order chi connectivity index (χ0) is 20.8. The first-order chi connectivity index (χ1) is 14.0. The van der Waals surface area contributed by atoms with Crippen LogP contribution in [-0.4, -0.2) is 36.1 Å². The number of esters is 1. The minimum absolute atomic E-state index is 0.201. The molecule has 0 aliphatic carbocycles. The summed E-state index contributed by atoms with van der Waals surface area (Å²) < 4.78 is 9.89. The van der Waals surface area contributed by atoms with Gasteiger partial charge in [-0.2, -0.15) is 0 Å². The molecule has 0 saturated carbocycles. The number of nitrogens with zero attached hydrogens (tertiary/aromatic N) is 2. The second-order valence-corrected chi connectivity index (χ2v) is 6.10. The molecular weight excluding hydrogens is 372 g/mol. The molecule has 0 spiro atoms. The molecule has 3 aromatic rings. The molecule has 0 fully saturated rings. The van der Waals surface area contributed by atoms with Crippen LogP contribution in [0.4, 0.5) is 17.3 Å². The molecule has 2 N–H and O–H groups in total. The van der Waals surface area contributed by atoms with Gasteiger partial charge in [-0.05, 0) is 43.3 Å². The van der Waals surface area contributed by atoms with Gasteiger partial charge in [0.25, 0.3) is 5.91 Å². The normalized spacial score (nSPS) is 10.2. The maximum Gasteiger partial charge on any atom is 0.337 e. The summed E-state index contributed by atoms with van der Waals surface area (Å²) in [6.45, 7) is 1.76. The van der Waals surface area contributed by atoms with E-state index < -0.39 is 5.97 Å². The monoisotopic (exact) mass is 392 g/mol. The third kappa shape index (κ3) is 5.07. The minimum Gasteiger partial charge on any atom is -0.497 e. The van der Waals surface area contributed by atoms with Crippen molar-refractivity contribution in [2.24, 2.45) is 0 Å². The number of methoxy groups -OCH3 is 2. The van der Waals surface area contributed by atoms with Gasteiger partial charge in [0.15, 0.2) is 0 Å². The lowest BCUT2D eigenvalue weighted by atomic mass is 10.2. The molecule has 0 unspecified atom stereocenters. The fraction of sp³-hybridized carbons (Fsp3) is 0.143. The average Bonchev–Trinajstić information content (AvgIpc) is 2.73. The summed E-state index contributed by atoms with van der Waals surface area (Å²) in [6.07, 6.45) is 0. The van der Waals surface area contributed by atoms with Gasteiger partial charge in [0.2, 0.25) is 5.95 Å². The highest BCUT2D eigenvalue weighted by molar-refractivity contribution is 6.03. The van der Waals surface area contributed by atoms with Crippen LogP contribution in [0, 0.1) is 6.92 Å². The van der Waals surface area contributed by atoms with Gasteiger partial charge in [-0.25, -0.2) is 14.8 Å². The molecule has 1 aromatic heterocycles. The first-order valence-electron chi connectivity index (χ1n) is 8.75. The predicted molar refractivity (Wildman–Crippen MR) is 109 cm³/mol. The van der Waals surface area contributed by atoms with E-state index in [4.69, 9.17) is 9.47 Å². The van der Waals surface area contributed by atoms with Crippen molar-refractivity contribution in [2.75, 3.05) is 24.9 Å². The van der Waals surface area contributed by atoms with Crippen molar-refractivity contribution in [1.82, 2.24) is 9.97 Å². The van der Waals surface area contributed by atoms with Crippen LogP contribution in [-0.2, 0) is 4.74 Å². The van der Waals surface area contributed by atoms with Gasteiger partial charge in [-0.1, -0.05) is 12.1 Å². The van der Waals surface area contributed by atoms with Gasteiger partial charge in [-0.15, -0.1) is 0 Å². The zero-order valence-electron chi connectivity index (χ0n) is 16.2. The summed E-state index contributed by atoms with van der Waals surface area (Å²) in [5.74, 6) is 0.0459. The summed E-state index contributed by atoms with van der Waals surface area (Å²) in [5, 5.41) is 5.80. The van der Waals surface area contributed by atoms with Crippen LogP contribution < -0.4 is 15.4 Å². The van der Waals surface area contributed by atoms with Crippen molar-refractivity contribution in [3.05, 3.63) is 71.5 Å². The molecule has 2 aromatic carbocycles. The van der Waals surface area contributed by atoms with Crippen LogP contribution >= 0.6 is 0 Å². The largest absolute Gasteiger partial charge is 0.497 e. The summed E-state index contributed by atoms with van der Waals surface area (Å²) in [7, 11) is 2.88. The molecule has 3 rings (SSSR count). The topological polar surface area (TPSA) is 102 Å². The molecule has 0 aliphatic rings. The van der Waals surface area contributed by atoms with Crippen molar-refractivity contribution < 1.29 is 19.1 Å². The molecule has 148 valence electrons. The molecule has 0 radical (unpaired) electrons. The Hall–Kier alpha value is -3.94. The maximum atomic E-state index is 12.6. The van der Waals surface area contributed by atoms with Crippen molar-refractivity contribution in [3.63, 3.8) is 0 Å². The summed E-state index contributed by atoms with van der Waals surface area (Å²) in [6, 6.07) is 15.3. The van der Waals surface area contributed by atoms with E-state index in [0.29, 0.717) is 28.4 Å². The Balaban J connectivity index is 1.80. The highest BCUT2D eigenvalue weighted by Crippen LogP contribution is 2.19. The van der Waals surface area contributed by atoms with Crippen molar-refractivity contribution in [3.8, 4) is 5.75 Å². The Bertz CT molecular complexity index is 1050. The number of amides is 1. The van der Waals surface area contributed by atoms with E-state index in [1.807, 2.05) is 0 Å². The molecule has 8 heteroatoms. The van der Waals surface area contributed by atoms with E-state index in [-0.39, 0.29) is 17.5 Å². The van der Waals surface area contributed by atoms with E-state index in [1.54, 1.807) is 68.6 Å². The minimum atomic E-state index is -0.447. The van der Waals surface area contributed by atoms with E-state index in [2.05, 4.69) is 20.6 Å². The zero-order valence-corrected chi connectivity index (χ0v) is 16.2. The quantitative estimate of drug-likeness (QED) is 0.618. The predicted octanol–water partition coefficient (Wildman–Crippen LogP) is 3.58. The fourth-order valence-electron chi connectivity index (χ4n) is 2.61. The van der Waals surface area contributed by atoms with Crippen LogP contribution in [0.1, 0.15) is 26.5 Å². The molecular formula is C21H20N4O4. The molecule has 0 atom stereocenters. The number of rotatable bonds is 6. The van der Waals surface area contributed by atoms with Crippen LogP contribution in [0.2, 0.25) is 0 Å². The Kier molecular flexibility index (Phi) is 6.03. The number of carbonyl (C=O) groups is 2. The Morgan fingerprint density at radius 3 is 2.45 bits per heavy atom. The Morgan fingerprint density at radius 1 is 0.931 bits per heavy atom. The van der Waals surface area contributed by atoms with E-state index in [1.165, 1.54) is 7.11 Å². The summed E-state index contributed by atoms with van der Waals surface area (Å²) >= 11 is 0. The highest BCUT2D eigenvalue weighted by Gasteiger charge is 2.12. The van der Waals surface area contributed by atoms with E-state index in [9.17, 15) is 9.59 Å². The van der Waals surface area contributed by atoms with E-state index in [0.717, 1.165) is 0 Å². The summed E-state index contributed by atoms with van der Waals surface area (Å²) in [5.41, 5.74) is 2.39. The number of aromatic nitrogens is 2. The maximum absolute atomic E-state index is 12.6. The smallest absolute Gasteiger partial charge is 0.337 e. The summed E-state index contributed by atoms with van der Waals surface area (Å²) in [4.78, 5) is 32.9. The Labute approximate surface area is 167 Å². The van der Waals surface area contributed by atoms with Crippen LogP contribution in [0.25, 0.3) is 0 Å². The van der Waals surface area contributed by atoms with Gasteiger partial charge in [0, 0.05) is 23.1 Å². The molecule has 8 nitrogen and oxygen atoms in total. The number of benzene rings is 2. The second kappa shape index (κ2) is 8.83. The standard InChI is InChI=1S/C21H20N4O4/c1-13-10-18(19(26)23-16-8-5-9-17(12-16)28-2)25-21(22-13)24-15-7-4-6-14(11-15)20(27)29-3/h4-12H,1-3H3,(H,23,26)(H,22,24,25). The first-order valence-corrected chi connectivity index (χ1v) is 8.75. The Morgan fingerprint density at radius 2 is 1.69 bits per heavy atom. The first kappa shape index (κ1) is 19.8. The number of anilines is 3. The third-order valence-electron chi connectivity index (χ3n) is 3.95. The van der Waals surface area contributed by atoms with Crippen molar-refractivity contribution in [1.29, 1.82) is 0 Å². The number of ether oxygens (including phenoxy) is 2. The lowest BCUT2D eigenvalue weighted by Gasteiger charge is -2.10. The number of carbonyl (C=O) groups excluding carboxylic acids is 2. The van der Waals surface area contributed by atoms with Crippen LogP contribution in [0.5, 0.6) is 5.75 Å². The lowest BCUT2D eigenvalue weighted by Crippen LogP contribution is -2.15. The van der Waals surface area contributed by atoms with Gasteiger partial charge < -0.3 is 20.1 Å². The lowest BCUT2D eigenvalue weighted by molar-refractivity contribution is 0.0600. The van der Waals surface area contributed by atoms with Crippen molar-refractivity contribution in [2.45, 2.75) is 6.92 Å². The fourth-order valence-corrected chi connectivity index (χ4v) is 2.61. The molecule has 0 bridgehead atoms. The SMILES string of the molecule is COC(=O)c1cccc(Nc2nc(C)cc(C(=O)Nc3cccc(OC)c3)n2)c1. The van der Waals surface area contributed by atoms with Crippen molar-refractivity contribution >= 4 is 29.2 Å². The highest BCUT2D eigenvalue weighted by atomic mass is 16.5. The van der Waals surface area contributed by atoms with Gasteiger partial charge in [0.05, 0.1) is 19.8 Å². The van der Waals surface area contributed by atoms with Crippen LogP contribution in [0.3, 0.4) is 0 Å². The number of nitrogens with one attached hydrogen (secondary N) is 2. The number of hydrogen-bond acceptors (Lipinski definition) is 7. The average molecular weight is 392 g/mol. The van der Waals surface area contributed by atoms with Gasteiger partial charge >= 0.3 is 5.97 Å². The number of aryl methyl sites for hydroxylation is 1. The molecule has 29 heavy (non-hydrogen) atoms. The molecule has 0 saturated heterocycles. The van der Waals surface area contributed by atoms with E-state index >= 15 is 0 Å². The number of hydrogen-bond donors (Lipinski definition) is 2. The van der Waals surface area contributed by atoms with Gasteiger partial charge in [-0.3, -0.25) is 4.79 Å². The molecule has 1 heterocycles.